The van der Waals surface area contributed by atoms with E-state index in [0.29, 0.717) is 24.1 Å². The summed E-state index contributed by atoms with van der Waals surface area (Å²) in [6.45, 7) is 1.06. The number of carbonyl (C=O) groups is 2. The summed E-state index contributed by atoms with van der Waals surface area (Å²) in [5.74, 6) is 0.446. The van der Waals surface area contributed by atoms with Gasteiger partial charge >= 0.3 is 0 Å². The van der Waals surface area contributed by atoms with E-state index < -0.39 is 0 Å². The third-order valence-corrected chi connectivity index (χ3v) is 3.25. The zero-order valence-electron chi connectivity index (χ0n) is 12.0. The van der Waals surface area contributed by atoms with Crippen molar-refractivity contribution in [2.75, 3.05) is 26.9 Å². The average Bonchev–Trinajstić information content (AvgIpc) is 3.03. The number of methoxy groups -OCH3 is 1. The van der Waals surface area contributed by atoms with Gasteiger partial charge in [0.25, 0.3) is 5.91 Å². The molecular formula is C15H19NO5. The van der Waals surface area contributed by atoms with Crippen molar-refractivity contribution >= 4 is 12.2 Å². The third-order valence-electron chi connectivity index (χ3n) is 3.25. The zero-order valence-corrected chi connectivity index (χ0v) is 12.0. The van der Waals surface area contributed by atoms with Gasteiger partial charge in [-0.25, -0.2) is 0 Å². The molecule has 1 aromatic carbocycles. The summed E-state index contributed by atoms with van der Waals surface area (Å²) in [6, 6.07) is 4.97. The number of carbonyl (C=O) groups excluding carboxylic acids is 2. The summed E-state index contributed by atoms with van der Waals surface area (Å²) in [4.78, 5) is 22.7. The lowest BCUT2D eigenvalue weighted by Crippen LogP contribution is -2.35. The van der Waals surface area contributed by atoms with Gasteiger partial charge in [0.15, 0.2) is 24.4 Å². The number of hydrogen-bond donors (Lipinski definition) is 1. The topological polar surface area (TPSA) is 73.9 Å². The minimum atomic E-state index is -0.256. The highest BCUT2D eigenvalue weighted by molar-refractivity contribution is 5.82. The second-order valence-corrected chi connectivity index (χ2v) is 4.72. The van der Waals surface area contributed by atoms with E-state index in [4.69, 9.17) is 14.2 Å². The highest BCUT2D eigenvalue weighted by atomic mass is 16.5. The molecule has 1 aliphatic heterocycles. The van der Waals surface area contributed by atoms with Crippen molar-refractivity contribution < 1.29 is 23.8 Å². The summed E-state index contributed by atoms with van der Waals surface area (Å²) in [5.41, 5.74) is 0.348. The van der Waals surface area contributed by atoms with E-state index in [2.05, 4.69) is 5.32 Å². The molecule has 0 saturated carbocycles. The summed E-state index contributed by atoms with van der Waals surface area (Å²) < 4.78 is 16.0. The van der Waals surface area contributed by atoms with E-state index >= 15 is 0 Å². The highest BCUT2D eigenvalue weighted by Crippen LogP contribution is 2.29. The standard InChI is InChI=1S/C15H19NO5/c1-19-13-6-2-4-11(9-17)15(13)21-10-14(18)16-8-12-5-3-7-20-12/h2,4,6,9,12H,3,5,7-8,10H2,1H3,(H,16,18)/t12-/m0/s1. The lowest BCUT2D eigenvalue weighted by Gasteiger charge is -2.14. The minimum absolute atomic E-state index is 0.0887. The first kappa shape index (κ1) is 15.3. The number of amides is 1. The maximum atomic E-state index is 11.8. The maximum Gasteiger partial charge on any atom is 0.258 e. The predicted molar refractivity (Wildman–Crippen MR) is 75.9 cm³/mol. The number of rotatable bonds is 7. The van der Waals surface area contributed by atoms with Gasteiger partial charge < -0.3 is 19.5 Å². The van der Waals surface area contributed by atoms with Crippen LogP contribution in [0.15, 0.2) is 18.2 Å². The van der Waals surface area contributed by atoms with Gasteiger partial charge in [0.1, 0.15) is 0 Å². The van der Waals surface area contributed by atoms with Crippen LogP contribution in [0.2, 0.25) is 0 Å². The molecule has 0 aromatic heterocycles. The first-order valence-corrected chi connectivity index (χ1v) is 6.88. The van der Waals surface area contributed by atoms with Crippen LogP contribution in [-0.4, -0.2) is 45.2 Å². The Balaban J connectivity index is 1.86. The quantitative estimate of drug-likeness (QED) is 0.764. The van der Waals surface area contributed by atoms with Crippen molar-refractivity contribution in [2.24, 2.45) is 0 Å². The Morgan fingerprint density at radius 1 is 1.52 bits per heavy atom. The highest BCUT2D eigenvalue weighted by Gasteiger charge is 2.17. The van der Waals surface area contributed by atoms with Gasteiger partial charge in [-0.05, 0) is 25.0 Å². The van der Waals surface area contributed by atoms with Gasteiger partial charge in [0.2, 0.25) is 0 Å². The van der Waals surface area contributed by atoms with Crippen molar-refractivity contribution in [2.45, 2.75) is 18.9 Å². The molecule has 0 radical (unpaired) electrons. The van der Waals surface area contributed by atoms with Gasteiger partial charge in [-0.3, -0.25) is 9.59 Å². The molecule has 0 spiro atoms. The number of benzene rings is 1. The average molecular weight is 293 g/mol. The van der Waals surface area contributed by atoms with Gasteiger partial charge in [-0.1, -0.05) is 6.07 Å². The van der Waals surface area contributed by atoms with Crippen molar-refractivity contribution in [3.8, 4) is 11.5 Å². The molecule has 1 aliphatic rings. The third kappa shape index (κ3) is 4.19. The van der Waals surface area contributed by atoms with E-state index in [-0.39, 0.29) is 24.4 Å². The second-order valence-electron chi connectivity index (χ2n) is 4.72. The van der Waals surface area contributed by atoms with Gasteiger partial charge in [-0.15, -0.1) is 0 Å². The molecule has 0 bridgehead atoms. The van der Waals surface area contributed by atoms with Gasteiger partial charge in [-0.2, -0.15) is 0 Å². The van der Waals surface area contributed by atoms with Crippen LogP contribution in [0.3, 0.4) is 0 Å². The van der Waals surface area contributed by atoms with E-state index in [1.54, 1.807) is 18.2 Å². The van der Waals surface area contributed by atoms with Gasteiger partial charge in [0.05, 0.1) is 18.8 Å². The molecule has 6 nitrogen and oxygen atoms in total. The number of aldehydes is 1. The van der Waals surface area contributed by atoms with Crippen LogP contribution in [0.25, 0.3) is 0 Å². The van der Waals surface area contributed by atoms with E-state index in [1.165, 1.54) is 7.11 Å². The lowest BCUT2D eigenvalue weighted by molar-refractivity contribution is -0.123. The Hall–Kier alpha value is -2.08. The van der Waals surface area contributed by atoms with Crippen molar-refractivity contribution in [1.29, 1.82) is 0 Å². The first-order valence-electron chi connectivity index (χ1n) is 6.88. The molecule has 0 aliphatic carbocycles. The van der Waals surface area contributed by atoms with E-state index in [0.717, 1.165) is 19.4 Å². The molecule has 1 atom stereocenters. The monoisotopic (exact) mass is 293 g/mol. The molecule has 0 unspecified atom stereocenters. The molecule has 21 heavy (non-hydrogen) atoms. The van der Waals surface area contributed by atoms with Crippen LogP contribution < -0.4 is 14.8 Å². The largest absolute Gasteiger partial charge is 0.493 e. The fourth-order valence-electron chi connectivity index (χ4n) is 2.16. The number of ether oxygens (including phenoxy) is 3. The molecule has 1 fully saturated rings. The summed E-state index contributed by atoms with van der Waals surface area (Å²) >= 11 is 0. The predicted octanol–water partition coefficient (Wildman–Crippen LogP) is 1.18. The maximum absolute atomic E-state index is 11.8. The van der Waals surface area contributed by atoms with Crippen LogP contribution in [0.4, 0.5) is 0 Å². The van der Waals surface area contributed by atoms with E-state index in [1.807, 2.05) is 0 Å². The summed E-state index contributed by atoms with van der Waals surface area (Å²) in [6.07, 6.45) is 2.75. The Kier molecular flexibility index (Phi) is 5.57. The smallest absolute Gasteiger partial charge is 0.258 e. The Labute approximate surface area is 123 Å². The van der Waals surface area contributed by atoms with Crippen molar-refractivity contribution in [1.82, 2.24) is 5.32 Å². The SMILES string of the molecule is COc1cccc(C=O)c1OCC(=O)NC[C@@H]1CCCO1. The molecule has 1 amide bonds. The lowest BCUT2D eigenvalue weighted by atomic mass is 10.2. The fourth-order valence-corrected chi connectivity index (χ4v) is 2.16. The fraction of sp³-hybridized carbons (Fsp3) is 0.467. The van der Waals surface area contributed by atoms with Crippen molar-refractivity contribution in [3.05, 3.63) is 23.8 Å². The molecule has 2 rings (SSSR count). The van der Waals surface area contributed by atoms with E-state index in [9.17, 15) is 9.59 Å². The van der Waals surface area contributed by atoms with Crippen LogP contribution in [-0.2, 0) is 9.53 Å². The molecule has 1 aromatic rings. The molecule has 1 N–H and O–H groups in total. The molecular weight excluding hydrogens is 274 g/mol. The van der Waals surface area contributed by atoms with Gasteiger partial charge in [0, 0.05) is 13.2 Å². The Bertz CT molecular complexity index is 497. The molecule has 114 valence electrons. The number of para-hydroxylation sites is 1. The first-order chi connectivity index (χ1) is 10.2. The van der Waals surface area contributed by atoms with Crippen LogP contribution in [0, 0.1) is 0 Å². The number of hydrogen-bond acceptors (Lipinski definition) is 5. The van der Waals surface area contributed by atoms with Crippen molar-refractivity contribution in [3.63, 3.8) is 0 Å². The zero-order chi connectivity index (χ0) is 15.1. The normalized spacial score (nSPS) is 17.3. The van der Waals surface area contributed by atoms with Crippen LogP contribution >= 0.6 is 0 Å². The van der Waals surface area contributed by atoms with Crippen LogP contribution in [0.5, 0.6) is 11.5 Å². The Morgan fingerprint density at radius 3 is 3.05 bits per heavy atom. The summed E-state index contributed by atoms with van der Waals surface area (Å²) in [5, 5.41) is 2.75. The molecule has 1 saturated heterocycles. The minimum Gasteiger partial charge on any atom is -0.493 e. The molecule has 1 heterocycles. The number of nitrogens with one attached hydrogen (secondary N) is 1. The Morgan fingerprint density at radius 2 is 2.38 bits per heavy atom. The van der Waals surface area contributed by atoms with Crippen LogP contribution in [0.1, 0.15) is 23.2 Å². The molecule has 6 heteroatoms. The summed E-state index contributed by atoms with van der Waals surface area (Å²) in [7, 11) is 1.48. The second kappa shape index (κ2) is 7.64.